The highest BCUT2D eigenvalue weighted by atomic mass is 35.5. The van der Waals surface area contributed by atoms with E-state index in [0.29, 0.717) is 12.2 Å². The lowest BCUT2D eigenvalue weighted by Gasteiger charge is -2.16. The summed E-state index contributed by atoms with van der Waals surface area (Å²) in [6.07, 6.45) is 0.829. The summed E-state index contributed by atoms with van der Waals surface area (Å²) in [6, 6.07) is 8.74. The molecule has 1 aromatic carbocycles. The number of furan rings is 1. The number of benzene rings is 1. The fourth-order valence-electron chi connectivity index (χ4n) is 2.17. The summed E-state index contributed by atoms with van der Waals surface area (Å²) in [4.78, 5) is 13.9. The van der Waals surface area contributed by atoms with Gasteiger partial charge in [-0.3, -0.25) is 4.79 Å². The van der Waals surface area contributed by atoms with E-state index in [2.05, 4.69) is 0 Å². The van der Waals surface area contributed by atoms with Crippen molar-refractivity contribution in [1.29, 1.82) is 0 Å². The molecule has 1 aliphatic rings. The molecule has 0 unspecified atom stereocenters. The average molecular weight is 263 g/mol. The zero-order valence-corrected chi connectivity index (χ0v) is 10.3. The van der Waals surface area contributed by atoms with Crippen LogP contribution in [0.4, 0.5) is 11.4 Å². The van der Waals surface area contributed by atoms with Gasteiger partial charge in [0.25, 0.3) is 5.91 Å². The van der Waals surface area contributed by atoms with E-state index in [1.165, 1.54) is 0 Å². The van der Waals surface area contributed by atoms with Crippen molar-refractivity contribution < 1.29 is 9.21 Å². The molecular formula is C13H11ClN2O2. The van der Waals surface area contributed by atoms with Crippen molar-refractivity contribution in [2.45, 2.75) is 6.42 Å². The normalized spacial score (nSPS) is 13.7. The van der Waals surface area contributed by atoms with Crippen molar-refractivity contribution in [2.75, 3.05) is 17.2 Å². The van der Waals surface area contributed by atoms with Crippen LogP contribution in [0, 0.1) is 0 Å². The highest BCUT2D eigenvalue weighted by Gasteiger charge is 2.27. The summed E-state index contributed by atoms with van der Waals surface area (Å²) in [5.74, 6) is 0.0570. The van der Waals surface area contributed by atoms with E-state index < -0.39 is 0 Å². The first-order chi connectivity index (χ1) is 8.65. The van der Waals surface area contributed by atoms with Gasteiger partial charge in [-0.15, -0.1) is 0 Å². The molecule has 0 saturated heterocycles. The van der Waals surface area contributed by atoms with Gasteiger partial charge in [0.15, 0.2) is 11.0 Å². The van der Waals surface area contributed by atoms with Gasteiger partial charge < -0.3 is 15.1 Å². The Morgan fingerprint density at radius 3 is 2.89 bits per heavy atom. The Bertz CT molecular complexity index is 621. The SMILES string of the molecule is Nc1ccc2c(c1)N(C(=O)c1ccc(Cl)o1)CC2. The van der Waals surface area contributed by atoms with Crippen LogP contribution in [0.2, 0.25) is 5.22 Å². The standard InChI is InChI=1S/C13H11ClN2O2/c14-12-4-3-11(18-12)13(17)16-6-5-8-1-2-9(15)7-10(8)16/h1-4,7H,5-6,15H2. The predicted octanol–water partition coefficient (Wildman–Crippen LogP) is 2.72. The number of nitrogen functional groups attached to an aromatic ring is 1. The average Bonchev–Trinajstić information content (AvgIpc) is 2.94. The second-order valence-corrected chi connectivity index (χ2v) is 4.57. The van der Waals surface area contributed by atoms with Gasteiger partial charge in [0.2, 0.25) is 0 Å². The van der Waals surface area contributed by atoms with Gasteiger partial charge in [0, 0.05) is 17.9 Å². The number of anilines is 2. The third-order valence-electron chi connectivity index (χ3n) is 3.03. The molecule has 0 atom stereocenters. The first-order valence-electron chi connectivity index (χ1n) is 5.61. The van der Waals surface area contributed by atoms with E-state index in [0.717, 1.165) is 17.7 Å². The maximum atomic E-state index is 12.3. The molecule has 92 valence electrons. The first kappa shape index (κ1) is 11.2. The number of halogens is 1. The molecule has 5 heteroatoms. The first-order valence-corrected chi connectivity index (χ1v) is 5.98. The number of carbonyl (C=O) groups is 1. The molecule has 3 rings (SSSR count). The highest BCUT2D eigenvalue weighted by molar-refractivity contribution is 6.29. The van der Waals surface area contributed by atoms with Crippen LogP contribution < -0.4 is 10.6 Å². The van der Waals surface area contributed by atoms with Crippen LogP contribution in [0.3, 0.4) is 0 Å². The molecule has 0 bridgehead atoms. The molecule has 18 heavy (non-hydrogen) atoms. The summed E-state index contributed by atoms with van der Waals surface area (Å²) in [6.45, 7) is 0.635. The number of amides is 1. The number of hydrogen-bond acceptors (Lipinski definition) is 3. The summed E-state index contributed by atoms with van der Waals surface area (Å²) in [5.41, 5.74) is 8.37. The van der Waals surface area contributed by atoms with Crippen LogP contribution in [-0.2, 0) is 6.42 Å². The van der Waals surface area contributed by atoms with Crippen molar-refractivity contribution in [3.63, 3.8) is 0 Å². The minimum atomic E-state index is -0.189. The Morgan fingerprint density at radius 2 is 2.17 bits per heavy atom. The van der Waals surface area contributed by atoms with Crippen LogP contribution in [0.15, 0.2) is 34.7 Å². The molecule has 4 nitrogen and oxygen atoms in total. The largest absolute Gasteiger partial charge is 0.440 e. The monoisotopic (exact) mass is 262 g/mol. The molecule has 1 amide bonds. The van der Waals surface area contributed by atoms with Crippen molar-refractivity contribution in [1.82, 2.24) is 0 Å². The smallest absolute Gasteiger partial charge is 0.294 e. The van der Waals surface area contributed by atoms with Crippen LogP contribution in [-0.4, -0.2) is 12.5 Å². The van der Waals surface area contributed by atoms with Crippen LogP contribution in [0.25, 0.3) is 0 Å². The Morgan fingerprint density at radius 1 is 1.33 bits per heavy atom. The molecule has 2 aromatic rings. The summed E-state index contributed by atoms with van der Waals surface area (Å²) >= 11 is 5.68. The van der Waals surface area contributed by atoms with Gasteiger partial charge in [-0.25, -0.2) is 0 Å². The number of nitrogens with two attached hydrogens (primary N) is 1. The van der Waals surface area contributed by atoms with E-state index in [4.69, 9.17) is 21.8 Å². The second-order valence-electron chi connectivity index (χ2n) is 4.20. The van der Waals surface area contributed by atoms with Crippen LogP contribution in [0.5, 0.6) is 0 Å². The molecule has 0 saturated carbocycles. The number of nitrogens with zero attached hydrogens (tertiary/aromatic N) is 1. The molecular weight excluding hydrogens is 252 g/mol. The van der Waals surface area contributed by atoms with Crippen molar-refractivity contribution >= 4 is 28.9 Å². The van der Waals surface area contributed by atoms with Crippen LogP contribution in [0.1, 0.15) is 16.1 Å². The lowest BCUT2D eigenvalue weighted by Crippen LogP contribution is -2.28. The van der Waals surface area contributed by atoms with Crippen LogP contribution >= 0.6 is 11.6 Å². The number of rotatable bonds is 1. The van der Waals surface area contributed by atoms with E-state index in [-0.39, 0.29) is 16.9 Å². The zero-order chi connectivity index (χ0) is 12.7. The molecule has 0 fully saturated rings. The van der Waals surface area contributed by atoms with E-state index >= 15 is 0 Å². The van der Waals surface area contributed by atoms with E-state index in [9.17, 15) is 4.79 Å². The Labute approximate surface area is 109 Å². The molecule has 2 heterocycles. The molecule has 1 aliphatic heterocycles. The molecule has 2 N–H and O–H groups in total. The minimum Gasteiger partial charge on any atom is -0.440 e. The molecule has 0 spiro atoms. The maximum absolute atomic E-state index is 12.3. The zero-order valence-electron chi connectivity index (χ0n) is 9.52. The summed E-state index contributed by atoms with van der Waals surface area (Å²) in [7, 11) is 0. The van der Waals surface area contributed by atoms with E-state index in [1.807, 2.05) is 18.2 Å². The molecule has 1 aromatic heterocycles. The van der Waals surface area contributed by atoms with Crippen molar-refractivity contribution in [3.05, 3.63) is 46.9 Å². The van der Waals surface area contributed by atoms with Gasteiger partial charge >= 0.3 is 0 Å². The van der Waals surface area contributed by atoms with Gasteiger partial charge in [-0.1, -0.05) is 6.07 Å². The fraction of sp³-hybridized carbons (Fsp3) is 0.154. The summed E-state index contributed by atoms with van der Waals surface area (Å²) in [5, 5.41) is 0.213. The quantitative estimate of drug-likeness (QED) is 0.804. The third kappa shape index (κ3) is 1.75. The minimum absolute atomic E-state index is 0.189. The number of hydrogen-bond donors (Lipinski definition) is 1. The topological polar surface area (TPSA) is 59.5 Å². The van der Waals surface area contributed by atoms with Crippen molar-refractivity contribution in [3.8, 4) is 0 Å². The molecule has 0 radical (unpaired) electrons. The highest BCUT2D eigenvalue weighted by Crippen LogP contribution is 2.31. The number of fused-ring (bicyclic) bond motifs is 1. The van der Waals surface area contributed by atoms with Gasteiger partial charge in [-0.05, 0) is 47.9 Å². The fourth-order valence-corrected chi connectivity index (χ4v) is 2.32. The van der Waals surface area contributed by atoms with E-state index in [1.54, 1.807) is 17.0 Å². The van der Waals surface area contributed by atoms with Gasteiger partial charge in [0.1, 0.15) is 0 Å². The third-order valence-corrected chi connectivity index (χ3v) is 3.24. The Hall–Kier alpha value is -1.94. The van der Waals surface area contributed by atoms with Gasteiger partial charge in [-0.2, -0.15) is 0 Å². The lowest BCUT2D eigenvalue weighted by atomic mass is 10.1. The Kier molecular flexibility index (Phi) is 2.52. The second kappa shape index (κ2) is 4.07. The number of carbonyl (C=O) groups excluding carboxylic acids is 1. The van der Waals surface area contributed by atoms with Gasteiger partial charge in [0.05, 0.1) is 0 Å². The van der Waals surface area contributed by atoms with Crippen molar-refractivity contribution in [2.24, 2.45) is 0 Å². The Balaban J connectivity index is 1.96. The summed E-state index contributed by atoms with van der Waals surface area (Å²) < 4.78 is 5.15. The molecule has 0 aliphatic carbocycles. The maximum Gasteiger partial charge on any atom is 0.294 e. The lowest BCUT2D eigenvalue weighted by molar-refractivity contribution is 0.0963. The predicted molar refractivity (Wildman–Crippen MR) is 70.0 cm³/mol.